The van der Waals surface area contributed by atoms with Crippen LogP contribution in [0.3, 0.4) is 0 Å². The first-order valence-electron chi connectivity index (χ1n) is 5.45. The van der Waals surface area contributed by atoms with Crippen LogP contribution in [-0.4, -0.2) is 31.9 Å². The van der Waals surface area contributed by atoms with Gasteiger partial charge >= 0.3 is 12.3 Å². The predicted octanol–water partition coefficient (Wildman–Crippen LogP) is 2.67. The molecule has 0 aliphatic rings. The van der Waals surface area contributed by atoms with Gasteiger partial charge in [0.25, 0.3) is 0 Å². The van der Waals surface area contributed by atoms with E-state index in [4.69, 9.17) is 4.74 Å². The molecule has 0 spiro atoms. The minimum Gasteiger partial charge on any atom is -0.431 e. The van der Waals surface area contributed by atoms with Gasteiger partial charge in [-0.1, -0.05) is 18.2 Å². The first-order chi connectivity index (χ1) is 9.08. The summed E-state index contributed by atoms with van der Waals surface area (Å²) in [6.45, 7) is 0.561. The molecular formula is C12H13FO6. The fourth-order valence-corrected chi connectivity index (χ4v) is 1.03. The normalized spacial score (nSPS) is 11.3. The van der Waals surface area contributed by atoms with Crippen LogP contribution in [0.1, 0.15) is 6.92 Å². The molecule has 6 nitrogen and oxygen atoms in total. The molecule has 0 N–H and O–H groups in total. The van der Waals surface area contributed by atoms with Crippen LogP contribution >= 0.6 is 0 Å². The fraction of sp³-hybridized carbons (Fsp3) is 0.333. The maximum absolute atomic E-state index is 12.2. The van der Waals surface area contributed by atoms with Crippen LogP contribution in [0.25, 0.3) is 0 Å². The van der Waals surface area contributed by atoms with Crippen molar-refractivity contribution < 1.29 is 32.9 Å². The molecule has 1 aromatic carbocycles. The van der Waals surface area contributed by atoms with Crippen LogP contribution < -0.4 is 4.74 Å². The van der Waals surface area contributed by atoms with Crippen LogP contribution in [0.2, 0.25) is 0 Å². The summed E-state index contributed by atoms with van der Waals surface area (Å²) < 4.78 is 30.1. The maximum Gasteiger partial charge on any atom is 0.513 e. The highest BCUT2D eigenvalue weighted by Crippen LogP contribution is 2.08. The molecule has 0 aliphatic heterocycles. The van der Waals surface area contributed by atoms with Crippen LogP contribution in [0.4, 0.5) is 14.0 Å². The number of para-hydroxylation sites is 1. The highest BCUT2D eigenvalue weighted by molar-refractivity contribution is 5.63. The zero-order valence-corrected chi connectivity index (χ0v) is 10.2. The van der Waals surface area contributed by atoms with E-state index in [1.165, 1.54) is 0 Å². The van der Waals surface area contributed by atoms with Crippen molar-refractivity contribution in [3.05, 3.63) is 30.3 Å². The molecule has 0 saturated heterocycles. The summed E-state index contributed by atoms with van der Waals surface area (Å²) in [5, 5.41) is 0. The summed E-state index contributed by atoms with van der Waals surface area (Å²) in [5.74, 6) is 0.332. The quantitative estimate of drug-likeness (QED) is 0.466. The van der Waals surface area contributed by atoms with Crippen LogP contribution in [0, 0.1) is 0 Å². The van der Waals surface area contributed by atoms with E-state index in [0.717, 1.165) is 6.92 Å². The first kappa shape index (κ1) is 14.7. The van der Waals surface area contributed by atoms with Gasteiger partial charge in [0.1, 0.15) is 19.0 Å². The second-order valence-corrected chi connectivity index (χ2v) is 3.27. The van der Waals surface area contributed by atoms with E-state index in [1.54, 1.807) is 30.3 Å². The summed E-state index contributed by atoms with van der Waals surface area (Å²) in [6.07, 6.45) is -3.85. The van der Waals surface area contributed by atoms with Gasteiger partial charge in [-0.25, -0.2) is 14.0 Å². The van der Waals surface area contributed by atoms with Crippen molar-refractivity contribution >= 4 is 12.3 Å². The van der Waals surface area contributed by atoms with E-state index in [1.807, 2.05) is 0 Å². The van der Waals surface area contributed by atoms with Crippen molar-refractivity contribution in [1.82, 2.24) is 0 Å². The summed E-state index contributed by atoms with van der Waals surface area (Å²) in [4.78, 5) is 21.9. The smallest absolute Gasteiger partial charge is 0.431 e. The van der Waals surface area contributed by atoms with Crippen LogP contribution in [0.5, 0.6) is 5.75 Å². The molecule has 7 heteroatoms. The zero-order valence-electron chi connectivity index (χ0n) is 10.2. The molecule has 0 aromatic heterocycles. The van der Waals surface area contributed by atoms with Gasteiger partial charge in [0, 0.05) is 6.92 Å². The van der Waals surface area contributed by atoms with Gasteiger partial charge in [-0.2, -0.15) is 0 Å². The Hall–Kier alpha value is -2.31. The molecule has 0 bridgehead atoms. The molecule has 0 aliphatic carbocycles. The lowest BCUT2D eigenvalue weighted by Crippen LogP contribution is -2.18. The van der Waals surface area contributed by atoms with Gasteiger partial charge in [0.05, 0.1) is 0 Å². The van der Waals surface area contributed by atoms with Crippen molar-refractivity contribution in [1.29, 1.82) is 0 Å². The monoisotopic (exact) mass is 272 g/mol. The van der Waals surface area contributed by atoms with Crippen LogP contribution in [0.15, 0.2) is 30.3 Å². The number of hydrogen-bond donors (Lipinski definition) is 0. The Morgan fingerprint density at radius 1 is 1.11 bits per heavy atom. The number of halogens is 1. The van der Waals surface area contributed by atoms with E-state index >= 15 is 0 Å². The molecule has 0 heterocycles. The minimum atomic E-state index is -1.75. The number of ether oxygens (including phenoxy) is 4. The third-order valence-corrected chi connectivity index (χ3v) is 1.73. The summed E-state index contributed by atoms with van der Waals surface area (Å²) >= 11 is 0. The Labute approximate surface area is 109 Å². The molecule has 1 atom stereocenters. The van der Waals surface area contributed by atoms with Gasteiger partial charge in [0.2, 0.25) is 6.36 Å². The fourth-order valence-electron chi connectivity index (χ4n) is 1.03. The Balaban J connectivity index is 2.13. The van der Waals surface area contributed by atoms with Crippen molar-refractivity contribution in [2.24, 2.45) is 0 Å². The lowest BCUT2D eigenvalue weighted by molar-refractivity contribution is -0.0277. The van der Waals surface area contributed by atoms with Crippen molar-refractivity contribution in [2.45, 2.75) is 13.3 Å². The number of hydrogen-bond acceptors (Lipinski definition) is 6. The van der Waals surface area contributed by atoms with Gasteiger partial charge in [-0.3, -0.25) is 0 Å². The number of rotatable bonds is 5. The molecular weight excluding hydrogens is 259 g/mol. The number of carbonyl (C=O) groups is 2. The molecule has 1 rings (SSSR count). The second kappa shape index (κ2) is 7.91. The number of benzene rings is 1. The Bertz CT molecular complexity index is 406. The lowest BCUT2D eigenvalue weighted by atomic mass is 10.3. The summed E-state index contributed by atoms with van der Waals surface area (Å²) in [5.41, 5.74) is 0. The van der Waals surface area contributed by atoms with Gasteiger partial charge in [-0.05, 0) is 12.1 Å². The zero-order chi connectivity index (χ0) is 14.1. The highest BCUT2D eigenvalue weighted by Gasteiger charge is 2.10. The first-order valence-corrected chi connectivity index (χ1v) is 5.45. The summed E-state index contributed by atoms with van der Waals surface area (Å²) in [6, 6.07) is 8.32. The molecule has 19 heavy (non-hydrogen) atoms. The summed E-state index contributed by atoms with van der Waals surface area (Å²) in [7, 11) is 0. The Morgan fingerprint density at radius 2 is 1.68 bits per heavy atom. The standard InChI is InChI=1S/C12H13FO6/c1-9(13)18-11(14)16-7-8-17-12(15)19-10-5-3-2-4-6-10/h2-6,9H,7-8H2,1H3. The van der Waals surface area contributed by atoms with E-state index in [-0.39, 0.29) is 13.2 Å². The Kier molecular flexibility index (Phi) is 6.14. The molecule has 1 unspecified atom stereocenters. The van der Waals surface area contributed by atoms with Crippen molar-refractivity contribution in [2.75, 3.05) is 13.2 Å². The minimum absolute atomic E-state index is 0.221. The van der Waals surface area contributed by atoms with E-state index in [0.29, 0.717) is 5.75 Å². The van der Waals surface area contributed by atoms with Crippen molar-refractivity contribution in [3.63, 3.8) is 0 Å². The van der Waals surface area contributed by atoms with Gasteiger partial charge < -0.3 is 18.9 Å². The van der Waals surface area contributed by atoms with Crippen LogP contribution in [-0.2, 0) is 14.2 Å². The molecule has 1 aromatic rings. The number of carbonyl (C=O) groups excluding carboxylic acids is 2. The van der Waals surface area contributed by atoms with E-state index in [2.05, 4.69) is 14.2 Å². The van der Waals surface area contributed by atoms with Crippen molar-refractivity contribution in [3.8, 4) is 5.75 Å². The van der Waals surface area contributed by atoms with Gasteiger partial charge in [0.15, 0.2) is 0 Å². The third-order valence-electron chi connectivity index (χ3n) is 1.73. The van der Waals surface area contributed by atoms with E-state index in [9.17, 15) is 14.0 Å². The highest BCUT2D eigenvalue weighted by atomic mass is 19.1. The molecule has 104 valence electrons. The van der Waals surface area contributed by atoms with Gasteiger partial charge in [-0.15, -0.1) is 0 Å². The third kappa shape index (κ3) is 6.87. The average Bonchev–Trinajstić information content (AvgIpc) is 2.35. The number of alkyl halides is 1. The average molecular weight is 272 g/mol. The molecule has 0 amide bonds. The van der Waals surface area contributed by atoms with E-state index < -0.39 is 18.7 Å². The second-order valence-electron chi connectivity index (χ2n) is 3.27. The maximum atomic E-state index is 12.2. The SMILES string of the molecule is CC(F)OC(=O)OCCOC(=O)Oc1ccccc1. The molecule has 0 saturated carbocycles. The molecule has 0 radical (unpaired) electrons. The molecule has 0 fully saturated rings. The lowest BCUT2D eigenvalue weighted by Gasteiger charge is -2.07. The largest absolute Gasteiger partial charge is 0.513 e. The Morgan fingerprint density at radius 3 is 2.26 bits per heavy atom. The topological polar surface area (TPSA) is 71.1 Å². The predicted molar refractivity (Wildman–Crippen MR) is 61.4 cm³/mol.